The first-order chi connectivity index (χ1) is 13.4. The van der Waals surface area contributed by atoms with Crippen LogP contribution in [-0.2, 0) is 6.54 Å². The van der Waals surface area contributed by atoms with Gasteiger partial charge in [-0.3, -0.25) is 4.79 Å². The number of hydrogen-bond donors (Lipinski definition) is 1. The van der Waals surface area contributed by atoms with Gasteiger partial charge in [-0.1, -0.05) is 35.5 Å². The SMILES string of the molecule is O=C(NCc1ccccc1OC(F)F)c1ccc(-c2noc(C(F)F)n2)cc1. The zero-order valence-electron chi connectivity index (χ0n) is 14.1. The van der Waals surface area contributed by atoms with Crippen molar-refractivity contribution in [1.82, 2.24) is 15.5 Å². The summed E-state index contributed by atoms with van der Waals surface area (Å²) in [4.78, 5) is 15.8. The molecule has 10 heteroatoms. The lowest BCUT2D eigenvalue weighted by Gasteiger charge is -2.11. The van der Waals surface area contributed by atoms with Crippen LogP contribution >= 0.6 is 0 Å². The molecule has 0 fully saturated rings. The number of alkyl halides is 4. The van der Waals surface area contributed by atoms with Crippen molar-refractivity contribution in [3.8, 4) is 17.1 Å². The first-order valence-electron chi connectivity index (χ1n) is 7.97. The van der Waals surface area contributed by atoms with E-state index in [1.54, 1.807) is 18.2 Å². The summed E-state index contributed by atoms with van der Waals surface area (Å²) in [7, 11) is 0. The van der Waals surface area contributed by atoms with Crippen LogP contribution in [0.2, 0.25) is 0 Å². The number of carbonyl (C=O) groups is 1. The average molecular weight is 395 g/mol. The molecule has 2 aromatic carbocycles. The molecule has 0 saturated carbocycles. The van der Waals surface area contributed by atoms with E-state index in [9.17, 15) is 22.4 Å². The van der Waals surface area contributed by atoms with Crippen molar-refractivity contribution in [2.24, 2.45) is 0 Å². The lowest BCUT2D eigenvalue weighted by atomic mass is 10.1. The van der Waals surface area contributed by atoms with Gasteiger partial charge in [-0.2, -0.15) is 22.5 Å². The number of nitrogens with one attached hydrogen (secondary N) is 1. The Morgan fingerprint density at radius 1 is 1.07 bits per heavy atom. The third kappa shape index (κ3) is 4.64. The van der Waals surface area contributed by atoms with Gasteiger partial charge in [-0.25, -0.2) is 0 Å². The zero-order valence-corrected chi connectivity index (χ0v) is 14.1. The lowest BCUT2D eigenvalue weighted by Crippen LogP contribution is -2.23. The van der Waals surface area contributed by atoms with Crippen LogP contribution in [-0.4, -0.2) is 22.7 Å². The maximum absolute atomic E-state index is 12.5. The summed E-state index contributed by atoms with van der Waals surface area (Å²) in [6.45, 7) is -2.99. The van der Waals surface area contributed by atoms with Gasteiger partial charge in [0.1, 0.15) is 5.75 Å². The molecule has 1 N–H and O–H groups in total. The van der Waals surface area contributed by atoms with E-state index in [2.05, 4.69) is 24.7 Å². The van der Waals surface area contributed by atoms with E-state index in [0.717, 1.165) is 0 Å². The minimum absolute atomic E-state index is 0.0218. The van der Waals surface area contributed by atoms with Gasteiger partial charge >= 0.3 is 13.0 Å². The Kier molecular flexibility index (Phi) is 5.87. The van der Waals surface area contributed by atoms with E-state index < -0.39 is 24.8 Å². The number of halogens is 4. The Hall–Kier alpha value is -3.43. The largest absolute Gasteiger partial charge is 0.434 e. The van der Waals surface area contributed by atoms with Crippen molar-refractivity contribution in [2.75, 3.05) is 0 Å². The summed E-state index contributed by atoms with van der Waals surface area (Å²) >= 11 is 0. The molecule has 0 bridgehead atoms. The summed E-state index contributed by atoms with van der Waals surface area (Å²) in [5, 5.41) is 6.04. The Bertz CT molecular complexity index is 945. The smallest absolute Gasteiger partial charge is 0.387 e. The second-order valence-electron chi connectivity index (χ2n) is 5.50. The van der Waals surface area contributed by atoms with E-state index in [1.165, 1.54) is 30.3 Å². The molecule has 1 amide bonds. The van der Waals surface area contributed by atoms with Crippen LogP contribution in [0.3, 0.4) is 0 Å². The quantitative estimate of drug-likeness (QED) is 0.607. The highest BCUT2D eigenvalue weighted by molar-refractivity contribution is 5.94. The van der Waals surface area contributed by atoms with Gasteiger partial charge in [-0.05, 0) is 18.2 Å². The van der Waals surface area contributed by atoms with Crippen LogP contribution in [0, 0.1) is 0 Å². The number of nitrogens with zero attached hydrogens (tertiary/aromatic N) is 2. The van der Waals surface area contributed by atoms with E-state index in [1.807, 2.05) is 0 Å². The molecule has 6 nitrogen and oxygen atoms in total. The van der Waals surface area contributed by atoms with Crippen LogP contribution in [0.5, 0.6) is 5.75 Å². The lowest BCUT2D eigenvalue weighted by molar-refractivity contribution is -0.0504. The second kappa shape index (κ2) is 8.51. The molecule has 28 heavy (non-hydrogen) atoms. The molecule has 0 unspecified atom stereocenters. The molecule has 0 atom stereocenters. The predicted molar refractivity (Wildman–Crippen MR) is 88.9 cm³/mol. The predicted octanol–water partition coefficient (Wildman–Crippen LogP) is 4.21. The summed E-state index contributed by atoms with van der Waals surface area (Å²) in [6, 6.07) is 12.0. The van der Waals surface area contributed by atoms with Crippen molar-refractivity contribution in [1.29, 1.82) is 0 Å². The molecule has 1 heterocycles. The van der Waals surface area contributed by atoms with Crippen LogP contribution < -0.4 is 10.1 Å². The Balaban J connectivity index is 1.65. The van der Waals surface area contributed by atoms with Gasteiger partial charge in [0.15, 0.2) is 0 Å². The van der Waals surface area contributed by atoms with Crippen LogP contribution in [0.1, 0.15) is 28.2 Å². The van der Waals surface area contributed by atoms with Crippen LogP contribution in [0.15, 0.2) is 53.1 Å². The van der Waals surface area contributed by atoms with Crippen molar-refractivity contribution < 1.29 is 31.6 Å². The van der Waals surface area contributed by atoms with Crippen LogP contribution in [0.4, 0.5) is 17.6 Å². The van der Waals surface area contributed by atoms with E-state index in [4.69, 9.17) is 0 Å². The standard InChI is InChI=1S/C18H13F4N3O3/c19-14(20)17-24-15(25-28-17)10-5-7-11(8-6-10)16(26)23-9-12-3-1-2-4-13(12)27-18(21)22/h1-8,14,18H,9H2,(H,23,26). The Morgan fingerprint density at radius 3 is 2.43 bits per heavy atom. The highest BCUT2D eigenvalue weighted by Gasteiger charge is 2.17. The number of aromatic nitrogens is 2. The summed E-state index contributed by atoms with van der Waals surface area (Å²) in [5.41, 5.74) is 1.05. The maximum Gasteiger partial charge on any atom is 0.387 e. The fourth-order valence-electron chi connectivity index (χ4n) is 2.35. The van der Waals surface area contributed by atoms with Crippen LogP contribution in [0.25, 0.3) is 11.4 Å². The fraction of sp³-hybridized carbons (Fsp3) is 0.167. The Morgan fingerprint density at radius 2 is 1.79 bits per heavy atom. The molecule has 0 aliphatic carbocycles. The molecule has 1 aromatic heterocycles. The van der Waals surface area contributed by atoms with Gasteiger partial charge in [0.2, 0.25) is 5.82 Å². The van der Waals surface area contributed by atoms with Gasteiger partial charge in [-0.15, -0.1) is 0 Å². The fourth-order valence-corrected chi connectivity index (χ4v) is 2.35. The minimum Gasteiger partial charge on any atom is -0.434 e. The molecule has 3 aromatic rings. The number of benzene rings is 2. The van der Waals surface area contributed by atoms with Gasteiger partial charge < -0.3 is 14.6 Å². The van der Waals surface area contributed by atoms with Gasteiger partial charge in [0.25, 0.3) is 11.8 Å². The van der Waals surface area contributed by atoms with E-state index in [-0.39, 0.29) is 23.7 Å². The maximum atomic E-state index is 12.5. The monoisotopic (exact) mass is 395 g/mol. The number of para-hydroxylation sites is 1. The molecule has 0 radical (unpaired) electrons. The normalized spacial score (nSPS) is 11.1. The average Bonchev–Trinajstić information content (AvgIpc) is 3.17. The first-order valence-corrected chi connectivity index (χ1v) is 7.97. The van der Waals surface area contributed by atoms with Gasteiger partial charge in [0.05, 0.1) is 0 Å². The molecule has 0 aliphatic heterocycles. The third-order valence-electron chi connectivity index (χ3n) is 3.66. The number of rotatable bonds is 7. The molecular weight excluding hydrogens is 382 g/mol. The zero-order chi connectivity index (χ0) is 20.1. The number of hydrogen-bond acceptors (Lipinski definition) is 5. The molecule has 0 aliphatic rings. The number of amides is 1. The molecular formula is C18H13F4N3O3. The van der Waals surface area contributed by atoms with Crippen molar-refractivity contribution in [2.45, 2.75) is 19.6 Å². The second-order valence-corrected chi connectivity index (χ2v) is 5.50. The van der Waals surface area contributed by atoms with Crippen molar-refractivity contribution in [3.63, 3.8) is 0 Å². The molecule has 0 spiro atoms. The highest BCUT2D eigenvalue weighted by atomic mass is 19.3. The molecule has 0 saturated heterocycles. The summed E-state index contributed by atoms with van der Waals surface area (Å²) in [5.74, 6) is -1.30. The minimum atomic E-state index is -2.97. The van der Waals surface area contributed by atoms with E-state index >= 15 is 0 Å². The topological polar surface area (TPSA) is 77.2 Å². The van der Waals surface area contributed by atoms with E-state index in [0.29, 0.717) is 11.1 Å². The highest BCUT2D eigenvalue weighted by Crippen LogP contribution is 2.22. The van der Waals surface area contributed by atoms with Crippen molar-refractivity contribution in [3.05, 3.63) is 65.5 Å². The first kappa shape index (κ1) is 19.3. The van der Waals surface area contributed by atoms with Gasteiger partial charge in [0, 0.05) is 23.2 Å². The summed E-state index contributed by atoms with van der Waals surface area (Å²) < 4.78 is 58.7. The molecule has 3 rings (SSSR count). The molecule has 146 valence electrons. The number of ether oxygens (including phenoxy) is 1. The third-order valence-corrected chi connectivity index (χ3v) is 3.66. The summed E-state index contributed by atoms with van der Waals surface area (Å²) in [6.07, 6.45) is -2.87. The Labute approximate surface area is 156 Å². The van der Waals surface area contributed by atoms with Crippen molar-refractivity contribution >= 4 is 5.91 Å². The number of carbonyl (C=O) groups excluding carboxylic acids is 1.